The zero-order valence-corrected chi connectivity index (χ0v) is 21.2. The van der Waals surface area contributed by atoms with Crippen LogP contribution in [-0.2, 0) is 20.9 Å². The summed E-state index contributed by atoms with van der Waals surface area (Å²) in [6.07, 6.45) is 1.56. The second-order valence-corrected chi connectivity index (χ2v) is 8.63. The molecule has 1 N–H and O–H groups in total. The number of nitrogens with one attached hydrogen (secondary N) is 1. The zero-order valence-electron chi connectivity index (χ0n) is 18.0. The maximum atomic E-state index is 12.8. The van der Waals surface area contributed by atoms with E-state index in [2.05, 4.69) is 37.2 Å². The number of carbonyl (C=O) groups is 3. The van der Waals surface area contributed by atoms with Crippen LogP contribution < -0.4 is 14.8 Å². The molecule has 0 bridgehead atoms. The summed E-state index contributed by atoms with van der Waals surface area (Å²) in [7, 11) is 0. The SMILES string of the molecule is CCOC(=O)COc1c(Br)cc(/C=C2/NC(=O)N(Cc3ccc(Br)cc3)C2=O)cc1OCC. The van der Waals surface area contributed by atoms with E-state index in [1.165, 1.54) is 0 Å². The van der Waals surface area contributed by atoms with Crippen LogP contribution in [0.4, 0.5) is 4.79 Å². The highest BCUT2D eigenvalue weighted by Crippen LogP contribution is 2.37. The van der Waals surface area contributed by atoms with Crippen molar-refractivity contribution in [3.63, 3.8) is 0 Å². The third kappa shape index (κ3) is 6.35. The quantitative estimate of drug-likeness (QED) is 0.263. The number of amides is 3. The fourth-order valence-corrected chi connectivity index (χ4v) is 3.90. The summed E-state index contributed by atoms with van der Waals surface area (Å²) in [6.45, 7) is 4.03. The molecule has 0 saturated carbocycles. The van der Waals surface area contributed by atoms with Crippen molar-refractivity contribution >= 4 is 55.8 Å². The number of esters is 1. The first-order chi connectivity index (χ1) is 15.8. The first-order valence-electron chi connectivity index (χ1n) is 10.2. The lowest BCUT2D eigenvalue weighted by molar-refractivity contribution is -0.145. The molecular weight excluding hydrogens is 560 g/mol. The van der Waals surface area contributed by atoms with E-state index in [-0.39, 0.29) is 25.5 Å². The zero-order chi connectivity index (χ0) is 24.0. The van der Waals surface area contributed by atoms with E-state index in [4.69, 9.17) is 14.2 Å². The molecule has 10 heteroatoms. The van der Waals surface area contributed by atoms with Gasteiger partial charge in [0, 0.05) is 4.47 Å². The number of imide groups is 1. The third-order valence-electron chi connectivity index (χ3n) is 4.50. The molecule has 2 aromatic rings. The fourth-order valence-electron chi connectivity index (χ4n) is 3.06. The highest BCUT2D eigenvalue weighted by atomic mass is 79.9. The van der Waals surface area contributed by atoms with Crippen LogP contribution in [0.5, 0.6) is 11.5 Å². The van der Waals surface area contributed by atoms with E-state index in [9.17, 15) is 14.4 Å². The van der Waals surface area contributed by atoms with E-state index in [0.29, 0.717) is 28.1 Å². The van der Waals surface area contributed by atoms with Gasteiger partial charge in [-0.05, 0) is 71.2 Å². The van der Waals surface area contributed by atoms with Gasteiger partial charge in [0.2, 0.25) is 0 Å². The molecule has 0 unspecified atom stereocenters. The van der Waals surface area contributed by atoms with E-state index in [1.54, 1.807) is 25.1 Å². The van der Waals surface area contributed by atoms with Crippen molar-refractivity contribution < 1.29 is 28.6 Å². The van der Waals surface area contributed by atoms with Crippen LogP contribution in [0.15, 0.2) is 51.0 Å². The molecule has 2 aromatic carbocycles. The maximum absolute atomic E-state index is 12.8. The molecule has 0 radical (unpaired) electrons. The van der Waals surface area contributed by atoms with Crippen LogP contribution in [0.25, 0.3) is 6.08 Å². The highest BCUT2D eigenvalue weighted by molar-refractivity contribution is 9.10. The predicted molar refractivity (Wildman–Crippen MR) is 129 cm³/mol. The number of nitrogens with zero attached hydrogens (tertiary/aromatic N) is 1. The van der Waals surface area contributed by atoms with Crippen LogP contribution in [0.2, 0.25) is 0 Å². The minimum Gasteiger partial charge on any atom is -0.490 e. The lowest BCUT2D eigenvalue weighted by atomic mass is 10.1. The second-order valence-electron chi connectivity index (χ2n) is 6.86. The van der Waals surface area contributed by atoms with Crippen molar-refractivity contribution in [1.82, 2.24) is 10.2 Å². The average molecular weight is 582 g/mol. The number of hydrogen-bond acceptors (Lipinski definition) is 6. The molecule has 1 aliphatic rings. The highest BCUT2D eigenvalue weighted by Gasteiger charge is 2.33. The Balaban J connectivity index is 1.81. The molecule has 1 fully saturated rings. The van der Waals surface area contributed by atoms with E-state index < -0.39 is 17.9 Å². The van der Waals surface area contributed by atoms with E-state index in [0.717, 1.165) is 14.9 Å². The summed E-state index contributed by atoms with van der Waals surface area (Å²) >= 11 is 6.79. The third-order valence-corrected chi connectivity index (χ3v) is 5.62. The Kier molecular flexibility index (Phi) is 8.51. The molecule has 3 rings (SSSR count). The Morgan fingerprint density at radius 2 is 1.79 bits per heavy atom. The number of hydrogen-bond donors (Lipinski definition) is 1. The van der Waals surface area contributed by atoms with Gasteiger partial charge in [-0.15, -0.1) is 0 Å². The van der Waals surface area contributed by atoms with Gasteiger partial charge in [-0.25, -0.2) is 9.59 Å². The molecule has 1 aliphatic heterocycles. The Hall–Kier alpha value is -2.85. The molecule has 3 amide bonds. The lowest BCUT2D eigenvalue weighted by Gasteiger charge is -2.14. The van der Waals surface area contributed by atoms with Gasteiger partial charge in [0.15, 0.2) is 18.1 Å². The summed E-state index contributed by atoms with van der Waals surface area (Å²) in [6, 6.07) is 10.3. The van der Waals surface area contributed by atoms with Crippen LogP contribution in [0.1, 0.15) is 25.0 Å². The summed E-state index contributed by atoms with van der Waals surface area (Å²) in [5.41, 5.74) is 1.57. The Labute approximate surface area is 208 Å². The van der Waals surface area contributed by atoms with Crippen LogP contribution >= 0.6 is 31.9 Å². The molecule has 0 aromatic heterocycles. The lowest BCUT2D eigenvalue weighted by Crippen LogP contribution is -2.30. The summed E-state index contributed by atoms with van der Waals surface area (Å²) in [5, 5.41) is 2.61. The Bertz CT molecular complexity index is 1090. The molecule has 1 saturated heterocycles. The van der Waals surface area contributed by atoms with Gasteiger partial charge < -0.3 is 19.5 Å². The predicted octanol–water partition coefficient (Wildman–Crippen LogP) is 4.65. The van der Waals surface area contributed by atoms with Crippen molar-refractivity contribution in [2.24, 2.45) is 0 Å². The molecule has 0 aliphatic carbocycles. The van der Waals surface area contributed by atoms with Gasteiger partial charge in [0.05, 0.1) is 24.2 Å². The normalized spacial score (nSPS) is 14.4. The van der Waals surface area contributed by atoms with Crippen LogP contribution in [-0.4, -0.2) is 42.6 Å². The fraction of sp³-hybridized carbons (Fsp3) is 0.261. The summed E-state index contributed by atoms with van der Waals surface area (Å²) < 4.78 is 17.5. The van der Waals surface area contributed by atoms with Gasteiger partial charge in [0.1, 0.15) is 5.70 Å². The minimum atomic E-state index is -0.497. The average Bonchev–Trinajstić information content (AvgIpc) is 3.02. The molecule has 174 valence electrons. The minimum absolute atomic E-state index is 0.145. The van der Waals surface area contributed by atoms with Crippen molar-refractivity contribution in [3.05, 3.63) is 62.2 Å². The monoisotopic (exact) mass is 580 g/mol. The van der Waals surface area contributed by atoms with Gasteiger partial charge in [-0.1, -0.05) is 28.1 Å². The molecule has 0 atom stereocenters. The number of carbonyl (C=O) groups excluding carboxylic acids is 3. The summed E-state index contributed by atoms with van der Waals surface area (Å²) in [5.74, 6) is -0.208. The Morgan fingerprint density at radius 3 is 2.45 bits per heavy atom. The maximum Gasteiger partial charge on any atom is 0.344 e. The van der Waals surface area contributed by atoms with Crippen molar-refractivity contribution in [2.75, 3.05) is 19.8 Å². The summed E-state index contributed by atoms with van der Waals surface area (Å²) in [4.78, 5) is 38.0. The van der Waals surface area contributed by atoms with Crippen molar-refractivity contribution in [3.8, 4) is 11.5 Å². The second kappa shape index (κ2) is 11.3. The van der Waals surface area contributed by atoms with Crippen molar-refractivity contribution in [1.29, 1.82) is 0 Å². The van der Waals surface area contributed by atoms with Crippen LogP contribution in [0, 0.1) is 0 Å². The van der Waals surface area contributed by atoms with E-state index >= 15 is 0 Å². The molecule has 1 heterocycles. The Morgan fingerprint density at radius 1 is 1.06 bits per heavy atom. The number of benzene rings is 2. The smallest absolute Gasteiger partial charge is 0.344 e. The van der Waals surface area contributed by atoms with Gasteiger partial charge >= 0.3 is 12.0 Å². The van der Waals surface area contributed by atoms with Gasteiger partial charge in [0.25, 0.3) is 5.91 Å². The topological polar surface area (TPSA) is 94.2 Å². The molecular formula is C23H22Br2N2O6. The number of halogens is 2. The largest absolute Gasteiger partial charge is 0.490 e. The number of ether oxygens (including phenoxy) is 3. The van der Waals surface area contributed by atoms with E-state index in [1.807, 2.05) is 31.2 Å². The standard InChI is InChI=1S/C23H22Br2N2O6/c1-3-31-19-11-15(9-17(25)21(19)33-13-20(28)32-4-2)10-18-22(29)27(23(30)26-18)12-14-5-7-16(24)8-6-14/h5-11H,3-4,12-13H2,1-2H3,(H,26,30)/b18-10+. The number of rotatable bonds is 9. The number of urea groups is 1. The first-order valence-corrected chi connectivity index (χ1v) is 11.7. The van der Waals surface area contributed by atoms with Gasteiger partial charge in [-0.2, -0.15) is 0 Å². The van der Waals surface area contributed by atoms with Gasteiger partial charge in [-0.3, -0.25) is 9.69 Å². The van der Waals surface area contributed by atoms with Crippen molar-refractivity contribution in [2.45, 2.75) is 20.4 Å². The van der Waals surface area contributed by atoms with Crippen LogP contribution in [0.3, 0.4) is 0 Å². The molecule has 0 spiro atoms. The first kappa shape index (κ1) is 24.8. The molecule has 33 heavy (non-hydrogen) atoms. The molecule has 8 nitrogen and oxygen atoms in total.